The fourth-order valence-corrected chi connectivity index (χ4v) is 6.16. The number of likely N-dealkylation sites (N-methyl/N-ethyl adjacent to an activating group) is 1. The van der Waals surface area contributed by atoms with E-state index in [1.807, 2.05) is 44.2 Å². The molecule has 0 spiro atoms. The average Bonchev–Trinajstić information content (AvgIpc) is 3.37. The van der Waals surface area contributed by atoms with Crippen LogP contribution in [-0.2, 0) is 20.5 Å². The molecule has 210 valence electrons. The first kappa shape index (κ1) is 29.9. The number of hydrogen-bond donors (Lipinski definition) is 1. The Morgan fingerprint density at radius 2 is 1.79 bits per heavy atom. The third-order valence-corrected chi connectivity index (χ3v) is 8.72. The Kier molecular flexibility index (Phi) is 11.0. The summed E-state index contributed by atoms with van der Waals surface area (Å²) in [5.74, 6) is 0.815. The minimum atomic E-state index is -3.53. The number of carbonyl (C=O) groups excluding carboxylic acids is 1. The fraction of sp³-hybridized carbons (Fsp3) is 0.536. The first-order valence-electron chi connectivity index (χ1n) is 13.0. The lowest BCUT2D eigenvalue weighted by Gasteiger charge is -2.34. The normalized spacial score (nSPS) is 17.7. The molecule has 1 amide bonds. The molecule has 2 atom stereocenters. The van der Waals surface area contributed by atoms with Gasteiger partial charge in [0, 0.05) is 70.4 Å². The van der Waals surface area contributed by atoms with Gasteiger partial charge in [-0.25, -0.2) is 8.42 Å². The predicted octanol–water partition coefficient (Wildman–Crippen LogP) is 3.01. The van der Waals surface area contributed by atoms with Crippen LogP contribution < -0.4 is 14.8 Å². The lowest BCUT2D eigenvalue weighted by Crippen LogP contribution is -2.48. The third-order valence-electron chi connectivity index (χ3n) is 6.88. The highest BCUT2D eigenvalue weighted by Crippen LogP contribution is 2.30. The summed E-state index contributed by atoms with van der Waals surface area (Å²) in [6.07, 6.45) is 0.715. The van der Waals surface area contributed by atoms with Gasteiger partial charge < -0.3 is 24.4 Å². The molecule has 1 fully saturated rings. The maximum atomic E-state index is 13.7. The number of hydrogen-bond acceptors (Lipinski definition) is 7. The minimum Gasteiger partial charge on any atom is -0.493 e. The van der Waals surface area contributed by atoms with Gasteiger partial charge in [0.15, 0.2) is 11.5 Å². The molecule has 1 aliphatic heterocycles. The molecule has 3 rings (SSSR count). The maximum Gasteiger partial charge on any atom is 0.254 e. The van der Waals surface area contributed by atoms with Crippen LogP contribution in [0.25, 0.3) is 0 Å². The van der Waals surface area contributed by atoms with Crippen molar-refractivity contribution in [2.24, 2.45) is 5.92 Å². The summed E-state index contributed by atoms with van der Waals surface area (Å²) in [6.45, 7) is 6.55. The second-order valence-corrected chi connectivity index (χ2v) is 11.9. The number of carbonyl (C=O) groups is 1. The van der Waals surface area contributed by atoms with E-state index in [9.17, 15) is 13.2 Å². The zero-order valence-electron chi connectivity index (χ0n) is 23.1. The standard InChI is InChI=1S/C28H41N3O6S/c1-21(2)31(28(32)23-12-13-26(36-5)27(16-23)37-15-9-14-35-4)19-24-17-29-18-25(24)30(3)38(33,34)20-22-10-7-6-8-11-22/h6-8,10-13,16,21,24-25,29H,9,14-15,17-20H2,1-5H3/t24-,25+/m0/s1. The summed E-state index contributed by atoms with van der Waals surface area (Å²) in [7, 11) is 1.31. The molecule has 10 heteroatoms. The van der Waals surface area contributed by atoms with E-state index < -0.39 is 10.0 Å². The fourth-order valence-electron chi connectivity index (χ4n) is 4.68. The van der Waals surface area contributed by atoms with E-state index in [-0.39, 0.29) is 29.7 Å². The Labute approximate surface area is 227 Å². The lowest BCUT2D eigenvalue weighted by molar-refractivity contribution is 0.0659. The number of benzene rings is 2. The van der Waals surface area contributed by atoms with Gasteiger partial charge in [0.05, 0.1) is 19.5 Å². The molecular weight excluding hydrogens is 506 g/mol. The molecule has 9 nitrogen and oxygen atoms in total. The van der Waals surface area contributed by atoms with Crippen LogP contribution >= 0.6 is 0 Å². The second kappa shape index (κ2) is 13.9. The molecule has 0 aromatic heterocycles. The smallest absolute Gasteiger partial charge is 0.254 e. The Morgan fingerprint density at radius 1 is 1.05 bits per heavy atom. The van der Waals surface area contributed by atoms with Crippen LogP contribution in [0, 0.1) is 5.92 Å². The number of sulfonamides is 1. The topological polar surface area (TPSA) is 97.4 Å². The summed E-state index contributed by atoms with van der Waals surface area (Å²) >= 11 is 0. The number of methoxy groups -OCH3 is 2. The zero-order valence-corrected chi connectivity index (χ0v) is 23.9. The van der Waals surface area contributed by atoms with Crippen molar-refractivity contribution in [1.82, 2.24) is 14.5 Å². The monoisotopic (exact) mass is 547 g/mol. The third kappa shape index (κ3) is 7.69. The maximum absolute atomic E-state index is 13.7. The molecule has 1 aliphatic rings. The molecule has 38 heavy (non-hydrogen) atoms. The quantitative estimate of drug-likeness (QED) is 0.363. The van der Waals surface area contributed by atoms with E-state index in [0.717, 1.165) is 5.56 Å². The highest BCUT2D eigenvalue weighted by Gasteiger charge is 2.38. The number of nitrogens with zero attached hydrogens (tertiary/aromatic N) is 2. The van der Waals surface area contributed by atoms with Crippen LogP contribution in [0.3, 0.4) is 0 Å². The van der Waals surface area contributed by atoms with Crippen molar-refractivity contribution < 1.29 is 27.4 Å². The van der Waals surface area contributed by atoms with Gasteiger partial charge in [-0.05, 0) is 37.6 Å². The van der Waals surface area contributed by atoms with Gasteiger partial charge in [-0.1, -0.05) is 30.3 Å². The first-order chi connectivity index (χ1) is 18.2. The molecule has 1 heterocycles. The van der Waals surface area contributed by atoms with Gasteiger partial charge in [0.25, 0.3) is 5.91 Å². The second-order valence-electron chi connectivity index (χ2n) is 9.86. The molecule has 1 saturated heterocycles. The molecule has 0 radical (unpaired) electrons. The van der Waals surface area contributed by atoms with Crippen molar-refractivity contribution in [3.05, 3.63) is 59.7 Å². The van der Waals surface area contributed by atoms with E-state index in [4.69, 9.17) is 14.2 Å². The highest BCUT2D eigenvalue weighted by atomic mass is 32.2. The van der Waals surface area contributed by atoms with E-state index in [0.29, 0.717) is 56.3 Å². The number of nitrogens with one attached hydrogen (secondary N) is 1. The van der Waals surface area contributed by atoms with Crippen LogP contribution in [0.15, 0.2) is 48.5 Å². The van der Waals surface area contributed by atoms with Gasteiger partial charge in [-0.3, -0.25) is 4.79 Å². The van der Waals surface area contributed by atoms with Crippen molar-refractivity contribution >= 4 is 15.9 Å². The van der Waals surface area contributed by atoms with Crippen LogP contribution in [0.2, 0.25) is 0 Å². The van der Waals surface area contributed by atoms with Crippen LogP contribution in [-0.4, -0.2) is 89.7 Å². The molecular formula is C28H41N3O6S. The Bertz CT molecular complexity index is 1140. The van der Waals surface area contributed by atoms with Gasteiger partial charge in [0.2, 0.25) is 10.0 Å². The van der Waals surface area contributed by atoms with E-state index >= 15 is 0 Å². The highest BCUT2D eigenvalue weighted by molar-refractivity contribution is 7.88. The van der Waals surface area contributed by atoms with Crippen LogP contribution in [0.1, 0.15) is 36.2 Å². The summed E-state index contributed by atoms with van der Waals surface area (Å²) < 4.78 is 44.3. The van der Waals surface area contributed by atoms with E-state index in [1.165, 1.54) is 4.31 Å². The van der Waals surface area contributed by atoms with Crippen LogP contribution in [0.4, 0.5) is 0 Å². The molecule has 0 aliphatic carbocycles. The van der Waals surface area contributed by atoms with E-state index in [1.54, 1.807) is 44.4 Å². The lowest BCUT2D eigenvalue weighted by atomic mass is 10.0. The Balaban J connectivity index is 1.75. The van der Waals surface area contributed by atoms with Gasteiger partial charge in [0.1, 0.15) is 0 Å². The van der Waals surface area contributed by atoms with Crippen molar-refractivity contribution in [3.63, 3.8) is 0 Å². The number of amides is 1. The average molecular weight is 548 g/mol. The van der Waals surface area contributed by atoms with Gasteiger partial charge >= 0.3 is 0 Å². The Morgan fingerprint density at radius 3 is 2.45 bits per heavy atom. The number of ether oxygens (including phenoxy) is 3. The molecule has 0 bridgehead atoms. The van der Waals surface area contributed by atoms with Crippen molar-refractivity contribution in [3.8, 4) is 11.5 Å². The van der Waals surface area contributed by atoms with Crippen molar-refractivity contribution in [2.75, 3.05) is 54.1 Å². The summed E-state index contributed by atoms with van der Waals surface area (Å²) in [6, 6.07) is 14.0. The van der Waals surface area contributed by atoms with Crippen LogP contribution in [0.5, 0.6) is 11.5 Å². The number of rotatable bonds is 14. The minimum absolute atomic E-state index is 0.0556. The van der Waals surface area contributed by atoms with Gasteiger partial charge in [-0.15, -0.1) is 0 Å². The molecule has 0 unspecified atom stereocenters. The predicted molar refractivity (Wildman–Crippen MR) is 148 cm³/mol. The largest absolute Gasteiger partial charge is 0.493 e. The summed E-state index contributed by atoms with van der Waals surface area (Å²) in [5.41, 5.74) is 1.24. The van der Waals surface area contributed by atoms with Crippen molar-refractivity contribution in [1.29, 1.82) is 0 Å². The van der Waals surface area contributed by atoms with E-state index in [2.05, 4.69) is 5.32 Å². The van der Waals surface area contributed by atoms with Crippen molar-refractivity contribution in [2.45, 2.75) is 38.1 Å². The summed E-state index contributed by atoms with van der Waals surface area (Å²) in [5, 5.41) is 3.33. The van der Waals surface area contributed by atoms with Gasteiger partial charge in [-0.2, -0.15) is 4.31 Å². The molecule has 2 aromatic rings. The molecule has 0 saturated carbocycles. The molecule has 1 N–H and O–H groups in total. The SMILES string of the molecule is COCCCOc1cc(C(=O)N(C[C@@H]2CNC[C@H]2N(C)S(=O)(=O)Cc2ccccc2)C(C)C)ccc1OC. The zero-order chi connectivity index (χ0) is 27.7. The first-order valence-corrected chi connectivity index (χ1v) is 14.6. The Hall–Kier alpha value is -2.66. The molecule has 2 aromatic carbocycles. The summed E-state index contributed by atoms with van der Waals surface area (Å²) in [4.78, 5) is 15.5.